The van der Waals surface area contributed by atoms with Crippen LogP contribution in [0.1, 0.15) is 37.3 Å². The molecule has 0 aromatic heterocycles. The van der Waals surface area contributed by atoms with Gasteiger partial charge in [-0.1, -0.05) is 25.8 Å². The van der Waals surface area contributed by atoms with Crippen molar-refractivity contribution in [1.82, 2.24) is 9.62 Å². The van der Waals surface area contributed by atoms with Gasteiger partial charge in [0.1, 0.15) is 0 Å². The Bertz CT molecular complexity index is 527. The van der Waals surface area contributed by atoms with E-state index < -0.39 is 10.0 Å². The lowest BCUT2D eigenvalue weighted by Gasteiger charge is -2.18. The first-order valence-electron chi connectivity index (χ1n) is 7.14. The van der Waals surface area contributed by atoms with Crippen molar-refractivity contribution >= 4 is 10.0 Å². The lowest BCUT2D eigenvalue weighted by Crippen LogP contribution is -2.28. The molecule has 1 N–H and O–H groups in total. The first kappa shape index (κ1) is 17.1. The second kappa shape index (κ2) is 7.76. The Morgan fingerprint density at radius 3 is 2.55 bits per heavy atom. The van der Waals surface area contributed by atoms with Crippen LogP contribution in [0.5, 0.6) is 0 Å². The Hall–Kier alpha value is -0.910. The highest BCUT2D eigenvalue weighted by Gasteiger charge is 2.20. The quantitative estimate of drug-likeness (QED) is 0.750. The van der Waals surface area contributed by atoms with Gasteiger partial charge in [-0.15, -0.1) is 0 Å². The molecule has 1 rings (SSSR count). The van der Waals surface area contributed by atoms with Crippen LogP contribution in [0.3, 0.4) is 0 Å². The van der Waals surface area contributed by atoms with Crippen molar-refractivity contribution in [3.05, 3.63) is 29.3 Å². The number of nitrogens with zero attached hydrogens (tertiary/aromatic N) is 1. The minimum absolute atomic E-state index is 0.382. The minimum atomic E-state index is -3.37. The van der Waals surface area contributed by atoms with Crippen molar-refractivity contribution in [2.75, 3.05) is 20.6 Å². The fourth-order valence-electron chi connectivity index (χ4n) is 2.07. The summed E-state index contributed by atoms with van der Waals surface area (Å²) in [5.41, 5.74) is 2.13. The number of aryl methyl sites for hydroxylation is 1. The van der Waals surface area contributed by atoms with Crippen LogP contribution in [-0.2, 0) is 16.6 Å². The van der Waals surface area contributed by atoms with Gasteiger partial charge in [0.2, 0.25) is 10.0 Å². The lowest BCUT2D eigenvalue weighted by molar-refractivity contribution is 0.454. The van der Waals surface area contributed by atoms with E-state index >= 15 is 0 Å². The van der Waals surface area contributed by atoms with E-state index in [2.05, 4.69) is 12.2 Å². The SMILES string of the molecule is CCCCCN(C)S(=O)(=O)c1ccc(C)c(CNC)c1. The Morgan fingerprint density at radius 2 is 1.95 bits per heavy atom. The van der Waals surface area contributed by atoms with Crippen molar-refractivity contribution in [2.24, 2.45) is 0 Å². The molecule has 0 radical (unpaired) electrons. The lowest BCUT2D eigenvalue weighted by atomic mass is 10.1. The maximum Gasteiger partial charge on any atom is 0.242 e. The Balaban J connectivity index is 2.94. The van der Waals surface area contributed by atoms with Crippen LogP contribution in [-0.4, -0.2) is 33.4 Å². The molecular weight excluding hydrogens is 272 g/mol. The maximum absolute atomic E-state index is 12.5. The second-order valence-electron chi connectivity index (χ2n) is 5.15. The number of unbranched alkanes of at least 4 members (excludes halogenated alkanes) is 2. The highest BCUT2D eigenvalue weighted by molar-refractivity contribution is 7.89. The van der Waals surface area contributed by atoms with E-state index in [-0.39, 0.29) is 0 Å². The van der Waals surface area contributed by atoms with E-state index in [1.807, 2.05) is 20.0 Å². The second-order valence-corrected chi connectivity index (χ2v) is 7.20. The third kappa shape index (κ3) is 4.30. The molecule has 0 saturated carbocycles. The highest BCUT2D eigenvalue weighted by Crippen LogP contribution is 2.19. The van der Waals surface area contributed by atoms with E-state index in [4.69, 9.17) is 0 Å². The molecule has 0 unspecified atom stereocenters. The zero-order valence-electron chi connectivity index (χ0n) is 12.9. The summed E-state index contributed by atoms with van der Waals surface area (Å²) < 4.78 is 26.5. The molecule has 0 aliphatic rings. The molecule has 0 aliphatic heterocycles. The van der Waals surface area contributed by atoms with Gasteiger partial charge in [-0.05, 0) is 43.7 Å². The van der Waals surface area contributed by atoms with Crippen molar-refractivity contribution in [2.45, 2.75) is 44.6 Å². The summed E-state index contributed by atoms with van der Waals surface area (Å²) in [7, 11) is 0.143. The minimum Gasteiger partial charge on any atom is -0.316 e. The van der Waals surface area contributed by atoms with E-state index in [1.165, 1.54) is 4.31 Å². The van der Waals surface area contributed by atoms with E-state index in [9.17, 15) is 8.42 Å². The van der Waals surface area contributed by atoms with Gasteiger partial charge in [-0.2, -0.15) is 0 Å². The average Bonchev–Trinajstić information content (AvgIpc) is 2.41. The maximum atomic E-state index is 12.5. The Morgan fingerprint density at radius 1 is 1.25 bits per heavy atom. The number of benzene rings is 1. The van der Waals surface area contributed by atoms with Gasteiger partial charge in [0.05, 0.1) is 4.90 Å². The predicted octanol–water partition coefficient (Wildman–Crippen LogP) is 2.53. The Labute approximate surface area is 123 Å². The first-order valence-corrected chi connectivity index (χ1v) is 8.58. The third-order valence-electron chi connectivity index (χ3n) is 3.47. The predicted molar refractivity (Wildman–Crippen MR) is 83.3 cm³/mol. The molecule has 0 saturated heterocycles. The zero-order chi connectivity index (χ0) is 15.2. The van der Waals surface area contributed by atoms with E-state index in [1.54, 1.807) is 19.2 Å². The number of hydrogen-bond acceptors (Lipinski definition) is 3. The molecule has 0 fully saturated rings. The summed E-state index contributed by atoms with van der Waals surface area (Å²) in [5.74, 6) is 0. The van der Waals surface area contributed by atoms with Crippen LogP contribution in [0.4, 0.5) is 0 Å². The highest BCUT2D eigenvalue weighted by atomic mass is 32.2. The van der Waals surface area contributed by atoms with Crippen molar-refractivity contribution < 1.29 is 8.42 Å². The van der Waals surface area contributed by atoms with E-state index in [0.717, 1.165) is 30.4 Å². The van der Waals surface area contributed by atoms with Crippen LogP contribution in [0.25, 0.3) is 0 Å². The molecule has 0 aliphatic carbocycles. The molecule has 5 heteroatoms. The molecule has 20 heavy (non-hydrogen) atoms. The van der Waals surface area contributed by atoms with Gasteiger partial charge >= 0.3 is 0 Å². The molecule has 1 aromatic rings. The van der Waals surface area contributed by atoms with Gasteiger partial charge in [0.25, 0.3) is 0 Å². The van der Waals surface area contributed by atoms with Gasteiger partial charge in [-0.3, -0.25) is 0 Å². The standard InChI is InChI=1S/C15H26N2O2S/c1-5-6-7-10-17(4)20(18,19)15-9-8-13(2)14(11-15)12-16-3/h8-9,11,16H,5-7,10,12H2,1-4H3. The number of sulfonamides is 1. The van der Waals surface area contributed by atoms with Crippen LogP contribution in [0, 0.1) is 6.92 Å². The fourth-order valence-corrected chi connectivity index (χ4v) is 3.33. The van der Waals surface area contributed by atoms with Crippen molar-refractivity contribution in [3.8, 4) is 0 Å². The van der Waals surface area contributed by atoms with Crippen molar-refractivity contribution in [1.29, 1.82) is 0 Å². The molecule has 0 atom stereocenters. The van der Waals surface area contributed by atoms with Gasteiger partial charge < -0.3 is 5.32 Å². The molecule has 0 bridgehead atoms. The summed E-state index contributed by atoms with van der Waals surface area (Å²) in [6.07, 6.45) is 3.05. The summed E-state index contributed by atoms with van der Waals surface area (Å²) >= 11 is 0. The number of nitrogens with one attached hydrogen (secondary N) is 1. The van der Waals surface area contributed by atoms with E-state index in [0.29, 0.717) is 18.0 Å². The van der Waals surface area contributed by atoms with Crippen LogP contribution in [0.2, 0.25) is 0 Å². The molecule has 1 aromatic carbocycles. The molecule has 0 amide bonds. The first-order chi connectivity index (χ1) is 9.43. The van der Waals surface area contributed by atoms with Gasteiger partial charge in [-0.25, -0.2) is 12.7 Å². The van der Waals surface area contributed by atoms with Crippen LogP contribution in [0.15, 0.2) is 23.1 Å². The topological polar surface area (TPSA) is 49.4 Å². The summed E-state index contributed by atoms with van der Waals surface area (Å²) in [6.45, 7) is 5.35. The molecular formula is C15H26N2O2S. The summed E-state index contributed by atoms with van der Waals surface area (Å²) in [5, 5.41) is 3.07. The molecule has 4 nitrogen and oxygen atoms in total. The zero-order valence-corrected chi connectivity index (χ0v) is 13.8. The average molecular weight is 298 g/mol. The monoisotopic (exact) mass is 298 g/mol. The largest absolute Gasteiger partial charge is 0.316 e. The van der Waals surface area contributed by atoms with Crippen molar-refractivity contribution in [3.63, 3.8) is 0 Å². The fraction of sp³-hybridized carbons (Fsp3) is 0.600. The number of rotatable bonds is 8. The van der Waals surface area contributed by atoms with Gasteiger partial charge in [0, 0.05) is 20.1 Å². The summed E-state index contributed by atoms with van der Waals surface area (Å²) in [6, 6.07) is 5.34. The summed E-state index contributed by atoms with van der Waals surface area (Å²) in [4.78, 5) is 0.382. The van der Waals surface area contributed by atoms with Gasteiger partial charge in [0.15, 0.2) is 0 Å². The van der Waals surface area contributed by atoms with Crippen LogP contribution >= 0.6 is 0 Å². The molecule has 0 spiro atoms. The smallest absolute Gasteiger partial charge is 0.242 e. The normalized spacial score (nSPS) is 12.1. The van der Waals surface area contributed by atoms with Crippen LogP contribution < -0.4 is 5.32 Å². The Kier molecular flexibility index (Phi) is 6.65. The third-order valence-corrected chi connectivity index (χ3v) is 5.33. The molecule has 0 heterocycles. The molecule has 114 valence electrons. The number of hydrogen-bond donors (Lipinski definition) is 1.